The zero-order valence-electron chi connectivity index (χ0n) is 11.1. The minimum absolute atomic E-state index is 0.102. The van der Waals surface area contributed by atoms with Crippen molar-refractivity contribution in [2.24, 2.45) is 0 Å². The smallest absolute Gasteiger partial charge is 0.330 e. The standard InChI is InChI=1S/C13H19NO5/c1-2-10(15)6-4-3-5-7-13(18)19-14-11(16)8-9-12(14)17/h2-9H2,1H3. The molecule has 1 aliphatic rings. The van der Waals surface area contributed by atoms with Gasteiger partial charge in [0, 0.05) is 32.1 Å². The van der Waals surface area contributed by atoms with Gasteiger partial charge < -0.3 is 4.84 Å². The molecule has 1 fully saturated rings. The van der Waals surface area contributed by atoms with Crippen LogP contribution in [0.3, 0.4) is 0 Å². The highest BCUT2D eigenvalue weighted by Gasteiger charge is 2.32. The summed E-state index contributed by atoms with van der Waals surface area (Å²) in [5, 5.41) is 0.558. The Hall–Kier alpha value is -1.72. The zero-order chi connectivity index (χ0) is 14.3. The van der Waals surface area contributed by atoms with E-state index in [-0.39, 0.29) is 25.0 Å². The molecule has 0 aliphatic carbocycles. The molecule has 1 aliphatic heterocycles. The van der Waals surface area contributed by atoms with Crippen LogP contribution >= 0.6 is 0 Å². The molecule has 1 rings (SSSR count). The number of rotatable bonds is 8. The molecule has 0 unspecified atom stereocenters. The number of Topliss-reactive ketones (excluding diaryl/α,β-unsaturated/α-hetero) is 1. The molecule has 0 spiro atoms. The lowest BCUT2D eigenvalue weighted by atomic mass is 10.1. The summed E-state index contributed by atoms with van der Waals surface area (Å²) < 4.78 is 0. The molecule has 0 saturated carbocycles. The van der Waals surface area contributed by atoms with Crippen LogP contribution < -0.4 is 0 Å². The van der Waals surface area contributed by atoms with Crippen molar-refractivity contribution in [3.8, 4) is 0 Å². The molecular weight excluding hydrogens is 250 g/mol. The van der Waals surface area contributed by atoms with Gasteiger partial charge in [-0.15, -0.1) is 5.06 Å². The molecule has 0 bridgehead atoms. The molecule has 0 aromatic rings. The predicted octanol–water partition coefficient (Wildman–Crippen LogP) is 1.52. The van der Waals surface area contributed by atoms with Crippen molar-refractivity contribution >= 4 is 23.6 Å². The van der Waals surface area contributed by atoms with Gasteiger partial charge in [0.2, 0.25) is 0 Å². The zero-order valence-corrected chi connectivity index (χ0v) is 11.1. The van der Waals surface area contributed by atoms with Gasteiger partial charge in [0.1, 0.15) is 5.78 Å². The molecule has 1 heterocycles. The van der Waals surface area contributed by atoms with Crippen LogP contribution in [0, 0.1) is 0 Å². The first kappa shape index (κ1) is 15.3. The first-order valence-electron chi connectivity index (χ1n) is 6.63. The SMILES string of the molecule is CCC(=O)CCCCCC(=O)ON1C(=O)CCC1=O. The lowest BCUT2D eigenvalue weighted by Crippen LogP contribution is -2.31. The van der Waals surface area contributed by atoms with Crippen LogP contribution in [-0.2, 0) is 24.0 Å². The predicted molar refractivity (Wildman–Crippen MR) is 65.6 cm³/mol. The summed E-state index contributed by atoms with van der Waals surface area (Å²) in [6.45, 7) is 1.82. The fourth-order valence-electron chi connectivity index (χ4n) is 1.75. The Balaban J connectivity index is 2.13. The number of amides is 2. The number of hydrogen-bond donors (Lipinski definition) is 0. The van der Waals surface area contributed by atoms with Crippen molar-refractivity contribution in [1.29, 1.82) is 0 Å². The Bertz CT molecular complexity index is 361. The number of hydrogen-bond acceptors (Lipinski definition) is 5. The molecule has 0 N–H and O–H groups in total. The number of hydroxylamine groups is 2. The molecule has 6 nitrogen and oxygen atoms in total. The number of nitrogens with zero attached hydrogens (tertiary/aromatic N) is 1. The summed E-state index contributed by atoms with van der Waals surface area (Å²) in [5.41, 5.74) is 0. The van der Waals surface area contributed by atoms with Crippen LogP contribution in [-0.4, -0.2) is 28.6 Å². The third kappa shape index (κ3) is 5.19. The van der Waals surface area contributed by atoms with E-state index in [9.17, 15) is 19.2 Å². The van der Waals surface area contributed by atoms with Gasteiger partial charge in [-0.2, -0.15) is 0 Å². The van der Waals surface area contributed by atoms with E-state index < -0.39 is 17.8 Å². The molecule has 2 amide bonds. The Morgan fingerprint density at radius 1 is 1.05 bits per heavy atom. The number of carbonyl (C=O) groups excluding carboxylic acids is 4. The summed E-state index contributed by atoms with van der Waals surface area (Å²) in [6, 6.07) is 0. The van der Waals surface area contributed by atoms with E-state index in [0.29, 0.717) is 24.3 Å². The van der Waals surface area contributed by atoms with Crippen molar-refractivity contribution in [1.82, 2.24) is 5.06 Å². The van der Waals surface area contributed by atoms with Crippen molar-refractivity contribution in [3.05, 3.63) is 0 Å². The Labute approximate surface area is 112 Å². The van der Waals surface area contributed by atoms with Gasteiger partial charge in [-0.1, -0.05) is 13.3 Å². The topological polar surface area (TPSA) is 80.8 Å². The quantitative estimate of drug-likeness (QED) is 0.493. The van der Waals surface area contributed by atoms with Gasteiger partial charge in [0.15, 0.2) is 0 Å². The Morgan fingerprint density at radius 2 is 1.63 bits per heavy atom. The molecular formula is C13H19NO5. The Morgan fingerprint density at radius 3 is 2.21 bits per heavy atom. The first-order chi connectivity index (χ1) is 9.04. The van der Waals surface area contributed by atoms with E-state index >= 15 is 0 Å². The molecule has 0 aromatic carbocycles. The number of unbranched alkanes of at least 4 members (excludes halogenated alkanes) is 2. The van der Waals surface area contributed by atoms with Crippen molar-refractivity contribution < 1.29 is 24.0 Å². The van der Waals surface area contributed by atoms with E-state index in [1.54, 1.807) is 0 Å². The highest BCUT2D eigenvalue weighted by molar-refractivity contribution is 6.01. The average molecular weight is 269 g/mol. The molecule has 1 saturated heterocycles. The van der Waals surface area contributed by atoms with Crippen LogP contribution in [0.4, 0.5) is 0 Å². The first-order valence-corrected chi connectivity index (χ1v) is 6.63. The highest BCUT2D eigenvalue weighted by atomic mass is 16.7. The van der Waals surface area contributed by atoms with E-state index in [1.165, 1.54) is 0 Å². The monoisotopic (exact) mass is 269 g/mol. The number of carbonyl (C=O) groups is 4. The fraction of sp³-hybridized carbons (Fsp3) is 0.692. The third-order valence-corrected chi connectivity index (χ3v) is 2.93. The summed E-state index contributed by atoms with van der Waals surface area (Å²) in [4.78, 5) is 49.5. The molecule has 0 radical (unpaired) electrons. The van der Waals surface area contributed by atoms with E-state index in [0.717, 1.165) is 12.8 Å². The van der Waals surface area contributed by atoms with Crippen LogP contribution in [0.2, 0.25) is 0 Å². The summed E-state index contributed by atoms with van der Waals surface area (Å²) >= 11 is 0. The van der Waals surface area contributed by atoms with E-state index in [1.807, 2.05) is 6.92 Å². The van der Waals surface area contributed by atoms with Gasteiger partial charge in [-0.25, -0.2) is 4.79 Å². The van der Waals surface area contributed by atoms with E-state index in [4.69, 9.17) is 4.84 Å². The largest absolute Gasteiger partial charge is 0.333 e. The molecule has 0 atom stereocenters. The third-order valence-electron chi connectivity index (χ3n) is 2.93. The second-order valence-corrected chi connectivity index (χ2v) is 4.50. The van der Waals surface area contributed by atoms with Gasteiger partial charge in [-0.05, 0) is 12.8 Å². The minimum atomic E-state index is -0.578. The summed E-state index contributed by atoms with van der Waals surface area (Å²) in [6.07, 6.45) is 3.53. The lowest BCUT2D eigenvalue weighted by Gasteiger charge is -2.12. The highest BCUT2D eigenvalue weighted by Crippen LogP contribution is 2.13. The molecule has 19 heavy (non-hydrogen) atoms. The molecule has 6 heteroatoms. The van der Waals surface area contributed by atoms with Gasteiger partial charge >= 0.3 is 5.97 Å². The molecule has 106 valence electrons. The van der Waals surface area contributed by atoms with Gasteiger partial charge in [0.05, 0.1) is 0 Å². The summed E-state index contributed by atoms with van der Waals surface area (Å²) in [7, 11) is 0. The minimum Gasteiger partial charge on any atom is -0.330 e. The van der Waals surface area contributed by atoms with Crippen molar-refractivity contribution in [2.75, 3.05) is 0 Å². The van der Waals surface area contributed by atoms with E-state index in [2.05, 4.69) is 0 Å². The van der Waals surface area contributed by atoms with Crippen LogP contribution in [0.25, 0.3) is 0 Å². The number of imide groups is 1. The maximum atomic E-state index is 11.4. The van der Waals surface area contributed by atoms with Crippen molar-refractivity contribution in [3.63, 3.8) is 0 Å². The normalized spacial score (nSPS) is 14.9. The Kier molecular flexibility index (Phi) is 6.18. The van der Waals surface area contributed by atoms with Crippen LogP contribution in [0.5, 0.6) is 0 Å². The lowest BCUT2D eigenvalue weighted by molar-refractivity contribution is -0.197. The van der Waals surface area contributed by atoms with Crippen LogP contribution in [0.15, 0.2) is 0 Å². The van der Waals surface area contributed by atoms with Crippen LogP contribution in [0.1, 0.15) is 58.3 Å². The van der Waals surface area contributed by atoms with Crippen molar-refractivity contribution in [2.45, 2.75) is 58.3 Å². The second kappa shape index (κ2) is 7.66. The summed E-state index contributed by atoms with van der Waals surface area (Å²) in [5.74, 6) is -1.29. The maximum absolute atomic E-state index is 11.4. The average Bonchev–Trinajstić information content (AvgIpc) is 2.69. The maximum Gasteiger partial charge on any atom is 0.333 e. The molecule has 0 aromatic heterocycles. The number of ketones is 1. The fourth-order valence-corrected chi connectivity index (χ4v) is 1.75. The second-order valence-electron chi connectivity index (χ2n) is 4.50. The van der Waals surface area contributed by atoms with Gasteiger partial charge in [0.25, 0.3) is 11.8 Å². The van der Waals surface area contributed by atoms with Gasteiger partial charge in [-0.3, -0.25) is 14.4 Å².